The number of aryl methyl sites for hydroxylation is 2. The van der Waals surface area contributed by atoms with E-state index in [1.807, 2.05) is 19.9 Å². The molecule has 0 aliphatic carbocycles. The molecule has 0 aliphatic rings. The van der Waals surface area contributed by atoms with Gasteiger partial charge in [-0.2, -0.15) is 13.2 Å². The third-order valence-electron chi connectivity index (χ3n) is 4.51. The first-order valence-electron chi connectivity index (χ1n) is 9.34. The predicted octanol–water partition coefficient (Wildman–Crippen LogP) is 4.18. The van der Waals surface area contributed by atoms with E-state index in [-0.39, 0.29) is 18.5 Å². The first-order chi connectivity index (χ1) is 13.8. The van der Waals surface area contributed by atoms with Crippen LogP contribution in [-0.2, 0) is 27.5 Å². The number of carbonyl (C=O) groups excluding carboxylic acids is 1. The van der Waals surface area contributed by atoms with Crippen molar-refractivity contribution in [2.75, 3.05) is 10.6 Å². The molecule has 0 unspecified atom stereocenters. The van der Waals surface area contributed by atoms with Crippen molar-refractivity contribution in [2.24, 2.45) is 0 Å². The minimum absolute atomic E-state index is 0.149. The predicted molar refractivity (Wildman–Crippen MR) is 111 cm³/mol. The van der Waals surface area contributed by atoms with Crippen LogP contribution >= 0.6 is 0 Å². The van der Waals surface area contributed by atoms with E-state index in [0.717, 1.165) is 33.8 Å². The van der Waals surface area contributed by atoms with Crippen LogP contribution in [0.3, 0.4) is 0 Å². The summed E-state index contributed by atoms with van der Waals surface area (Å²) in [6.07, 6.45) is -3.27. The number of nitrogens with one attached hydrogen (secondary N) is 1. The van der Waals surface area contributed by atoms with Gasteiger partial charge in [0.25, 0.3) is 0 Å². The van der Waals surface area contributed by atoms with E-state index in [9.17, 15) is 26.4 Å². The zero-order chi connectivity index (χ0) is 22.7. The van der Waals surface area contributed by atoms with E-state index in [0.29, 0.717) is 5.69 Å². The number of benzene rings is 2. The summed E-state index contributed by atoms with van der Waals surface area (Å²) in [6, 6.07) is 8.85. The fourth-order valence-electron chi connectivity index (χ4n) is 3.30. The van der Waals surface area contributed by atoms with Gasteiger partial charge in [-0.15, -0.1) is 0 Å². The van der Waals surface area contributed by atoms with Gasteiger partial charge in [-0.1, -0.05) is 25.1 Å². The lowest BCUT2D eigenvalue weighted by Crippen LogP contribution is -2.49. The topological polar surface area (TPSA) is 66.5 Å². The molecular weight excluding hydrogens is 417 g/mol. The molecule has 9 heteroatoms. The van der Waals surface area contributed by atoms with Crippen LogP contribution in [0.4, 0.5) is 18.9 Å². The molecule has 5 nitrogen and oxygen atoms in total. The molecule has 0 aromatic heterocycles. The van der Waals surface area contributed by atoms with Crippen molar-refractivity contribution < 1.29 is 26.4 Å². The average molecular weight is 443 g/mol. The second-order valence-corrected chi connectivity index (χ2v) is 9.10. The van der Waals surface area contributed by atoms with Gasteiger partial charge in [0.05, 0.1) is 17.5 Å². The monoisotopic (exact) mass is 442 g/mol. The molecule has 164 valence electrons. The average Bonchev–Trinajstić information content (AvgIpc) is 2.61. The van der Waals surface area contributed by atoms with E-state index < -0.39 is 33.7 Å². The van der Waals surface area contributed by atoms with Crippen LogP contribution in [0.25, 0.3) is 0 Å². The SMILES string of the molecule is CC[C@H](C(=O)NCc1cccc(C(F)(F)F)c1)N(c1cc(C)cc(C)c1)S(C)(=O)=O. The molecule has 2 aromatic carbocycles. The number of anilines is 1. The number of amides is 1. The number of carbonyl (C=O) groups is 1. The van der Waals surface area contributed by atoms with Crippen LogP contribution < -0.4 is 9.62 Å². The summed E-state index contributed by atoms with van der Waals surface area (Å²) in [5, 5.41) is 2.57. The number of halogens is 3. The van der Waals surface area contributed by atoms with E-state index in [1.54, 1.807) is 19.1 Å². The molecule has 1 amide bonds. The molecule has 0 radical (unpaired) electrons. The number of rotatable bonds is 7. The Morgan fingerprint density at radius 2 is 1.70 bits per heavy atom. The van der Waals surface area contributed by atoms with Crippen molar-refractivity contribution in [1.82, 2.24) is 5.32 Å². The minimum Gasteiger partial charge on any atom is -0.350 e. The van der Waals surface area contributed by atoms with Crippen LogP contribution in [0.1, 0.15) is 35.6 Å². The van der Waals surface area contributed by atoms with Crippen LogP contribution in [0.5, 0.6) is 0 Å². The molecule has 1 N–H and O–H groups in total. The van der Waals surface area contributed by atoms with Crippen molar-refractivity contribution in [3.05, 3.63) is 64.7 Å². The summed E-state index contributed by atoms with van der Waals surface area (Å²) < 4.78 is 64.7. The number of alkyl halides is 3. The zero-order valence-electron chi connectivity index (χ0n) is 17.2. The zero-order valence-corrected chi connectivity index (χ0v) is 18.1. The van der Waals surface area contributed by atoms with Crippen molar-refractivity contribution in [3.8, 4) is 0 Å². The highest BCUT2D eigenvalue weighted by molar-refractivity contribution is 7.92. The summed E-state index contributed by atoms with van der Waals surface area (Å²) in [6.45, 7) is 5.18. The highest BCUT2D eigenvalue weighted by Crippen LogP contribution is 2.29. The fraction of sp³-hybridized carbons (Fsp3) is 0.381. The minimum atomic E-state index is -4.48. The molecule has 0 bridgehead atoms. The lowest BCUT2D eigenvalue weighted by Gasteiger charge is -2.30. The Kier molecular flexibility index (Phi) is 7.18. The molecule has 2 rings (SSSR count). The van der Waals surface area contributed by atoms with Gasteiger partial charge in [-0.05, 0) is 61.2 Å². The number of sulfonamides is 1. The smallest absolute Gasteiger partial charge is 0.350 e. The van der Waals surface area contributed by atoms with Gasteiger partial charge in [0.15, 0.2) is 0 Å². The molecule has 0 saturated carbocycles. The Morgan fingerprint density at radius 1 is 1.10 bits per heavy atom. The second kappa shape index (κ2) is 9.07. The Balaban J connectivity index is 2.28. The highest BCUT2D eigenvalue weighted by Gasteiger charge is 2.32. The lowest BCUT2D eigenvalue weighted by molar-refractivity contribution is -0.137. The fourth-order valence-corrected chi connectivity index (χ4v) is 4.50. The molecular formula is C21H25F3N2O3S. The molecule has 0 heterocycles. The van der Waals surface area contributed by atoms with Crippen LogP contribution in [0, 0.1) is 13.8 Å². The maximum absolute atomic E-state index is 12.9. The molecule has 0 aliphatic heterocycles. The quantitative estimate of drug-likeness (QED) is 0.700. The van der Waals surface area contributed by atoms with Crippen molar-refractivity contribution >= 4 is 21.6 Å². The number of nitrogens with zero attached hydrogens (tertiary/aromatic N) is 1. The standard InChI is InChI=1S/C21H25F3N2O3S/c1-5-19(26(30(4,28)29)18-10-14(2)9-15(3)11-18)20(27)25-13-16-7-6-8-17(12-16)21(22,23)24/h6-12,19H,5,13H2,1-4H3,(H,25,27)/t19-/m1/s1. The summed E-state index contributed by atoms with van der Waals surface area (Å²) in [5.41, 5.74) is 1.52. The van der Waals surface area contributed by atoms with Gasteiger partial charge < -0.3 is 5.32 Å². The summed E-state index contributed by atoms with van der Waals surface area (Å²) in [4.78, 5) is 12.8. The molecule has 1 atom stereocenters. The summed E-state index contributed by atoms with van der Waals surface area (Å²) >= 11 is 0. The molecule has 0 spiro atoms. The number of hydrogen-bond acceptors (Lipinski definition) is 3. The summed E-state index contributed by atoms with van der Waals surface area (Å²) in [7, 11) is -3.79. The highest BCUT2D eigenvalue weighted by atomic mass is 32.2. The Morgan fingerprint density at radius 3 is 2.20 bits per heavy atom. The van der Waals surface area contributed by atoms with E-state index in [2.05, 4.69) is 5.32 Å². The van der Waals surface area contributed by atoms with Crippen LogP contribution in [0.2, 0.25) is 0 Å². The van der Waals surface area contributed by atoms with Crippen molar-refractivity contribution in [2.45, 2.75) is 46.0 Å². The molecule has 2 aromatic rings. The molecule has 0 saturated heterocycles. The lowest BCUT2D eigenvalue weighted by atomic mass is 10.1. The number of hydrogen-bond donors (Lipinski definition) is 1. The van der Waals surface area contributed by atoms with Gasteiger partial charge in [0, 0.05) is 6.54 Å². The molecule has 0 fully saturated rings. The molecule has 30 heavy (non-hydrogen) atoms. The van der Waals surface area contributed by atoms with Gasteiger partial charge in [-0.25, -0.2) is 8.42 Å². The van der Waals surface area contributed by atoms with E-state index >= 15 is 0 Å². The van der Waals surface area contributed by atoms with Gasteiger partial charge in [-0.3, -0.25) is 9.10 Å². The van der Waals surface area contributed by atoms with E-state index in [4.69, 9.17) is 0 Å². The maximum atomic E-state index is 12.9. The Bertz CT molecular complexity index is 1000. The summed E-state index contributed by atoms with van der Waals surface area (Å²) in [5.74, 6) is -0.584. The van der Waals surface area contributed by atoms with Crippen LogP contribution in [0.15, 0.2) is 42.5 Å². The first-order valence-corrected chi connectivity index (χ1v) is 11.2. The van der Waals surface area contributed by atoms with Gasteiger partial charge in [0.1, 0.15) is 6.04 Å². The van der Waals surface area contributed by atoms with Gasteiger partial charge >= 0.3 is 6.18 Å². The van der Waals surface area contributed by atoms with Gasteiger partial charge in [0.2, 0.25) is 15.9 Å². The largest absolute Gasteiger partial charge is 0.416 e. The third-order valence-corrected chi connectivity index (χ3v) is 5.69. The Hall–Kier alpha value is -2.55. The van der Waals surface area contributed by atoms with E-state index in [1.165, 1.54) is 12.1 Å². The van der Waals surface area contributed by atoms with Crippen molar-refractivity contribution in [1.29, 1.82) is 0 Å². The second-order valence-electron chi connectivity index (χ2n) is 7.24. The normalized spacial score (nSPS) is 13.0. The first kappa shape index (κ1) is 23.7. The van der Waals surface area contributed by atoms with Crippen molar-refractivity contribution in [3.63, 3.8) is 0 Å². The maximum Gasteiger partial charge on any atom is 0.416 e. The third kappa shape index (κ3) is 5.98. The van der Waals surface area contributed by atoms with Crippen LogP contribution in [-0.4, -0.2) is 26.6 Å². The Labute approximate surface area is 175 Å².